The lowest BCUT2D eigenvalue weighted by Gasteiger charge is -2.20. The van der Waals surface area contributed by atoms with Crippen molar-refractivity contribution in [1.29, 1.82) is 0 Å². The van der Waals surface area contributed by atoms with Crippen LogP contribution in [0, 0.1) is 6.92 Å². The van der Waals surface area contributed by atoms with E-state index in [1.54, 1.807) is 16.2 Å². The monoisotopic (exact) mass is 318 g/mol. The number of carboxylic acid groups (broad SMARTS) is 1. The second-order valence-corrected chi connectivity index (χ2v) is 5.77. The van der Waals surface area contributed by atoms with Gasteiger partial charge in [-0.1, -0.05) is 0 Å². The van der Waals surface area contributed by atoms with Crippen molar-refractivity contribution in [1.82, 2.24) is 10.2 Å². The van der Waals surface area contributed by atoms with Gasteiger partial charge >= 0.3 is 5.97 Å². The second kappa shape index (κ2) is 7.61. The van der Waals surface area contributed by atoms with Gasteiger partial charge in [0.2, 0.25) is 5.91 Å². The summed E-state index contributed by atoms with van der Waals surface area (Å²) >= 11 is 1.62. The Bertz CT molecular complexity index is 478. The van der Waals surface area contributed by atoms with E-state index in [1.807, 2.05) is 18.4 Å². The first-order chi connectivity index (χ1) is 9.08. The average Bonchev–Trinajstić information content (AvgIpc) is 2.95. The van der Waals surface area contributed by atoms with Crippen molar-refractivity contribution < 1.29 is 14.7 Å². The first-order valence-corrected chi connectivity index (χ1v) is 7.22. The van der Waals surface area contributed by atoms with Gasteiger partial charge in [-0.25, -0.2) is 0 Å². The van der Waals surface area contributed by atoms with Crippen LogP contribution in [0.1, 0.15) is 23.3 Å². The lowest BCUT2D eigenvalue weighted by molar-refractivity contribution is -0.142. The molecular weight excluding hydrogens is 300 g/mol. The van der Waals surface area contributed by atoms with Crippen LogP contribution in [0.3, 0.4) is 0 Å². The highest BCUT2D eigenvalue weighted by atomic mass is 35.5. The summed E-state index contributed by atoms with van der Waals surface area (Å²) in [5.41, 5.74) is 1.18. The largest absolute Gasteiger partial charge is 0.480 e. The van der Waals surface area contributed by atoms with Crippen molar-refractivity contribution >= 4 is 35.6 Å². The Kier molecular flexibility index (Phi) is 6.45. The molecule has 1 aliphatic rings. The van der Waals surface area contributed by atoms with Crippen molar-refractivity contribution in [2.24, 2.45) is 0 Å². The number of carbonyl (C=O) groups is 2. The third kappa shape index (κ3) is 4.19. The molecule has 0 aromatic carbocycles. The fourth-order valence-corrected chi connectivity index (χ4v) is 3.15. The third-order valence-corrected chi connectivity index (χ3v) is 4.43. The van der Waals surface area contributed by atoms with E-state index in [-0.39, 0.29) is 24.9 Å². The number of carbonyl (C=O) groups excluding carboxylic acids is 1. The van der Waals surface area contributed by atoms with Crippen LogP contribution in [0.15, 0.2) is 11.4 Å². The molecule has 0 radical (unpaired) electrons. The van der Waals surface area contributed by atoms with Gasteiger partial charge in [-0.05, 0) is 43.3 Å². The number of aliphatic carboxylic acids is 1. The van der Waals surface area contributed by atoms with E-state index in [2.05, 4.69) is 5.32 Å². The first-order valence-electron chi connectivity index (χ1n) is 6.34. The van der Waals surface area contributed by atoms with Gasteiger partial charge in [0.25, 0.3) is 0 Å². The molecule has 0 aliphatic carbocycles. The quantitative estimate of drug-likeness (QED) is 0.866. The fourth-order valence-electron chi connectivity index (χ4n) is 2.30. The molecule has 1 saturated heterocycles. The van der Waals surface area contributed by atoms with Crippen LogP contribution in [0.2, 0.25) is 0 Å². The predicted octanol–water partition coefficient (Wildman–Crippen LogP) is 1.64. The zero-order valence-corrected chi connectivity index (χ0v) is 12.9. The highest BCUT2D eigenvalue weighted by Crippen LogP contribution is 2.17. The molecular formula is C13H19ClN2O3S. The van der Waals surface area contributed by atoms with Gasteiger partial charge in [-0.3, -0.25) is 14.5 Å². The molecule has 1 aromatic rings. The fraction of sp³-hybridized carbons (Fsp3) is 0.538. The smallest absolute Gasteiger partial charge is 0.320 e. The molecule has 7 heteroatoms. The van der Waals surface area contributed by atoms with E-state index < -0.39 is 12.0 Å². The van der Waals surface area contributed by atoms with E-state index >= 15 is 0 Å². The minimum absolute atomic E-state index is 0. The molecule has 112 valence electrons. The van der Waals surface area contributed by atoms with Gasteiger partial charge in [-0.15, -0.1) is 23.7 Å². The van der Waals surface area contributed by atoms with Crippen molar-refractivity contribution in [2.45, 2.75) is 32.4 Å². The molecule has 1 fully saturated rings. The summed E-state index contributed by atoms with van der Waals surface area (Å²) in [5.74, 6) is -0.944. The second-order valence-electron chi connectivity index (χ2n) is 4.77. The summed E-state index contributed by atoms with van der Waals surface area (Å²) < 4.78 is 0. The zero-order chi connectivity index (χ0) is 13.8. The van der Waals surface area contributed by atoms with Crippen LogP contribution in [-0.4, -0.2) is 41.0 Å². The van der Waals surface area contributed by atoms with Crippen LogP contribution >= 0.6 is 23.7 Å². The Balaban J connectivity index is 0.00000200. The molecule has 0 spiro atoms. The number of amides is 1. The van der Waals surface area contributed by atoms with Crippen molar-refractivity contribution in [3.05, 3.63) is 21.9 Å². The third-order valence-electron chi connectivity index (χ3n) is 3.41. The molecule has 0 bridgehead atoms. The van der Waals surface area contributed by atoms with Crippen LogP contribution < -0.4 is 5.32 Å². The molecule has 1 aromatic heterocycles. The molecule has 1 amide bonds. The van der Waals surface area contributed by atoms with Crippen LogP contribution in [0.5, 0.6) is 0 Å². The lowest BCUT2D eigenvalue weighted by Crippen LogP contribution is -2.42. The normalized spacial score (nSPS) is 18.6. The minimum Gasteiger partial charge on any atom is -0.480 e. The van der Waals surface area contributed by atoms with Crippen LogP contribution in [0.4, 0.5) is 0 Å². The standard InChI is InChI=1S/C13H18N2O3S.ClH/c1-9-4-6-19-11(9)7-14-12(16)8-15-5-2-3-10(15)13(17)18;/h4,6,10H,2-3,5,7-8H2,1H3,(H,14,16)(H,17,18);1H/t10-;/m1./s1. The number of rotatable bonds is 5. The lowest BCUT2D eigenvalue weighted by atomic mass is 10.2. The van der Waals surface area contributed by atoms with Crippen molar-refractivity contribution in [3.63, 3.8) is 0 Å². The van der Waals surface area contributed by atoms with Crippen molar-refractivity contribution in [2.75, 3.05) is 13.1 Å². The van der Waals surface area contributed by atoms with Gasteiger partial charge in [0.15, 0.2) is 0 Å². The van der Waals surface area contributed by atoms with E-state index in [1.165, 1.54) is 5.56 Å². The Morgan fingerprint density at radius 1 is 1.55 bits per heavy atom. The van der Waals surface area contributed by atoms with Gasteiger partial charge in [-0.2, -0.15) is 0 Å². The number of nitrogens with zero attached hydrogens (tertiary/aromatic N) is 1. The molecule has 20 heavy (non-hydrogen) atoms. The van der Waals surface area contributed by atoms with Gasteiger partial charge in [0.05, 0.1) is 13.1 Å². The Hall–Kier alpha value is -1.11. The summed E-state index contributed by atoms with van der Waals surface area (Å²) in [7, 11) is 0. The van der Waals surface area contributed by atoms with Crippen LogP contribution in [-0.2, 0) is 16.1 Å². The Morgan fingerprint density at radius 2 is 2.30 bits per heavy atom. The first kappa shape index (κ1) is 16.9. The maximum Gasteiger partial charge on any atom is 0.320 e. The number of halogens is 1. The molecule has 2 N–H and O–H groups in total. The van der Waals surface area contributed by atoms with Gasteiger partial charge in [0.1, 0.15) is 6.04 Å². The molecule has 2 heterocycles. The highest BCUT2D eigenvalue weighted by Gasteiger charge is 2.31. The SMILES string of the molecule is Cc1ccsc1CNC(=O)CN1CCC[C@@H]1C(=O)O.Cl. The number of thiophene rings is 1. The number of likely N-dealkylation sites (tertiary alicyclic amines) is 1. The average molecular weight is 319 g/mol. The number of carboxylic acids is 1. The molecule has 2 rings (SSSR count). The Morgan fingerprint density at radius 3 is 2.90 bits per heavy atom. The summed E-state index contributed by atoms with van der Waals surface area (Å²) in [6, 6.07) is 1.52. The molecule has 1 aliphatic heterocycles. The van der Waals surface area contributed by atoms with Crippen LogP contribution in [0.25, 0.3) is 0 Å². The van der Waals surface area contributed by atoms with E-state index in [0.717, 1.165) is 11.3 Å². The van der Waals surface area contributed by atoms with E-state index in [4.69, 9.17) is 5.11 Å². The van der Waals surface area contributed by atoms with Gasteiger partial charge < -0.3 is 10.4 Å². The number of aryl methyl sites for hydroxylation is 1. The number of hydrogen-bond acceptors (Lipinski definition) is 4. The topological polar surface area (TPSA) is 69.6 Å². The molecule has 0 saturated carbocycles. The van der Waals surface area contributed by atoms with E-state index in [9.17, 15) is 9.59 Å². The molecule has 0 unspecified atom stereocenters. The summed E-state index contributed by atoms with van der Waals surface area (Å²) in [6.07, 6.45) is 1.47. The summed E-state index contributed by atoms with van der Waals surface area (Å²) in [5, 5.41) is 13.9. The number of hydrogen-bond donors (Lipinski definition) is 2. The zero-order valence-electron chi connectivity index (χ0n) is 11.3. The maximum absolute atomic E-state index is 11.8. The predicted molar refractivity (Wildman–Crippen MR) is 80.4 cm³/mol. The maximum atomic E-state index is 11.8. The Labute approximate surface area is 128 Å². The minimum atomic E-state index is -0.834. The molecule has 5 nitrogen and oxygen atoms in total. The number of nitrogens with one attached hydrogen (secondary N) is 1. The summed E-state index contributed by atoms with van der Waals surface area (Å²) in [6.45, 7) is 3.39. The van der Waals surface area contributed by atoms with Crippen molar-refractivity contribution in [3.8, 4) is 0 Å². The van der Waals surface area contributed by atoms with Gasteiger partial charge in [0, 0.05) is 4.88 Å². The highest BCUT2D eigenvalue weighted by molar-refractivity contribution is 7.10. The molecule has 1 atom stereocenters. The van der Waals surface area contributed by atoms with E-state index in [0.29, 0.717) is 19.5 Å². The summed E-state index contributed by atoms with van der Waals surface area (Å²) in [4.78, 5) is 25.7.